The van der Waals surface area contributed by atoms with Crippen molar-refractivity contribution >= 4 is 5.91 Å². The van der Waals surface area contributed by atoms with Gasteiger partial charge in [0, 0.05) is 7.11 Å². The number of ether oxygens (including phenoxy) is 2. The van der Waals surface area contributed by atoms with Gasteiger partial charge < -0.3 is 20.1 Å². The molecule has 2 atom stereocenters. The molecule has 0 aromatic heterocycles. The summed E-state index contributed by atoms with van der Waals surface area (Å²) in [6, 6.07) is 0.166. The molecule has 18 heavy (non-hydrogen) atoms. The summed E-state index contributed by atoms with van der Waals surface area (Å²) in [5.41, 5.74) is 0. The van der Waals surface area contributed by atoms with Crippen molar-refractivity contribution < 1.29 is 14.3 Å². The molecule has 2 fully saturated rings. The number of piperidine rings is 1. The highest BCUT2D eigenvalue weighted by Crippen LogP contribution is 2.21. The summed E-state index contributed by atoms with van der Waals surface area (Å²) in [6.45, 7) is 2.15. The number of amides is 1. The van der Waals surface area contributed by atoms with Crippen LogP contribution in [0, 0.1) is 0 Å². The fourth-order valence-corrected chi connectivity index (χ4v) is 2.78. The third kappa shape index (κ3) is 3.93. The van der Waals surface area contributed by atoms with E-state index in [1.807, 2.05) is 0 Å². The number of nitrogens with one attached hydrogen (secondary N) is 2. The van der Waals surface area contributed by atoms with E-state index < -0.39 is 0 Å². The average Bonchev–Trinajstić information content (AvgIpc) is 2.85. The second-order valence-electron chi connectivity index (χ2n) is 5.14. The van der Waals surface area contributed by atoms with E-state index in [1.54, 1.807) is 7.11 Å². The largest absolute Gasteiger partial charge is 0.379 e. The lowest BCUT2D eigenvalue weighted by molar-refractivity contribution is -0.129. The van der Waals surface area contributed by atoms with Gasteiger partial charge in [0.1, 0.15) is 6.61 Å². The standard InChI is InChI=1S/C13H24N2O3/c1-17-12-4-2-3-11(12)15-13(16)9-18-10-5-7-14-8-6-10/h10-12,14H,2-9H2,1H3,(H,15,16). The van der Waals surface area contributed by atoms with Crippen LogP contribution in [0.1, 0.15) is 32.1 Å². The van der Waals surface area contributed by atoms with Crippen molar-refractivity contribution in [3.8, 4) is 0 Å². The Kier molecular flexibility index (Phi) is 5.41. The molecule has 2 N–H and O–H groups in total. The predicted molar refractivity (Wildman–Crippen MR) is 68.4 cm³/mol. The summed E-state index contributed by atoms with van der Waals surface area (Å²) < 4.78 is 11.0. The fourth-order valence-electron chi connectivity index (χ4n) is 2.78. The van der Waals surface area contributed by atoms with E-state index in [2.05, 4.69) is 10.6 Å². The van der Waals surface area contributed by atoms with Gasteiger partial charge in [0.15, 0.2) is 0 Å². The van der Waals surface area contributed by atoms with Crippen LogP contribution in [-0.4, -0.2) is 51.0 Å². The van der Waals surface area contributed by atoms with Gasteiger partial charge in [0.25, 0.3) is 0 Å². The minimum atomic E-state index is -0.0116. The van der Waals surface area contributed by atoms with Gasteiger partial charge in [-0.3, -0.25) is 4.79 Å². The van der Waals surface area contributed by atoms with E-state index in [-0.39, 0.29) is 30.8 Å². The molecule has 2 aliphatic rings. The lowest BCUT2D eigenvalue weighted by Gasteiger charge is -2.24. The van der Waals surface area contributed by atoms with Crippen molar-refractivity contribution in [1.29, 1.82) is 0 Å². The molecule has 1 amide bonds. The molecular formula is C13H24N2O3. The molecule has 0 radical (unpaired) electrons. The Morgan fingerprint density at radius 1 is 1.28 bits per heavy atom. The van der Waals surface area contributed by atoms with Crippen molar-refractivity contribution in [2.24, 2.45) is 0 Å². The monoisotopic (exact) mass is 256 g/mol. The van der Waals surface area contributed by atoms with Gasteiger partial charge in [-0.15, -0.1) is 0 Å². The zero-order valence-electron chi connectivity index (χ0n) is 11.1. The van der Waals surface area contributed by atoms with Gasteiger partial charge >= 0.3 is 0 Å². The second-order valence-corrected chi connectivity index (χ2v) is 5.14. The minimum Gasteiger partial charge on any atom is -0.379 e. The maximum atomic E-state index is 11.8. The Morgan fingerprint density at radius 3 is 2.78 bits per heavy atom. The first kappa shape index (κ1) is 13.8. The van der Waals surface area contributed by atoms with Gasteiger partial charge in [0.05, 0.1) is 18.2 Å². The molecule has 1 heterocycles. The van der Waals surface area contributed by atoms with Crippen LogP contribution in [0.15, 0.2) is 0 Å². The van der Waals surface area contributed by atoms with E-state index in [0.717, 1.165) is 45.2 Å². The molecule has 0 spiro atoms. The third-order valence-corrected chi connectivity index (χ3v) is 3.84. The molecule has 2 rings (SSSR count). The first-order valence-corrected chi connectivity index (χ1v) is 6.94. The summed E-state index contributed by atoms with van der Waals surface area (Å²) in [4.78, 5) is 11.8. The molecule has 0 aromatic rings. The molecule has 1 saturated carbocycles. The molecule has 1 aliphatic carbocycles. The molecule has 0 aromatic carbocycles. The van der Waals surface area contributed by atoms with Crippen molar-refractivity contribution in [3.05, 3.63) is 0 Å². The summed E-state index contributed by atoms with van der Waals surface area (Å²) >= 11 is 0. The summed E-state index contributed by atoms with van der Waals surface area (Å²) in [5.74, 6) is -0.0116. The predicted octanol–water partition coefficient (Wildman–Crippen LogP) is 0.439. The molecular weight excluding hydrogens is 232 g/mol. The SMILES string of the molecule is COC1CCCC1NC(=O)COC1CCNCC1. The quantitative estimate of drug-likeness (QED) is 0.749. The molecule has 104 valence electrons. The first-order valence-electron chi connectivity index (χ1n) is 6.94. The summed E-state index contributed by atoms with van der Waals surface area (Å²) in [7, 11) is 1.71. The smallest absolute Gasteiger partial charge is 0.246 e. The zero-order chi connectivity index (χ0) is 12.8. The summed E-state index contributed by atoms with van der Waals surface area (Å²) in [5, 5.41) is 6.29. The highest BCUT2D eigenvalue weighted by Gasteiger charge is 2.28. The maximum absolute atomic E-state index is 11.8. The van der Waals surface area contributed by atoms with E-state index in [9.17, 15) is 4.79 Å². The fraction of sp³-hybridized carbons (Fsp3) is 0.923. The Balaban J connectivity index is 1.65. The van der Waals surface area contributed by atoms with E-state index in [0.29, 0.717) is 0 Å². The number of rotatable bonds is 5. The highest BCUT2D eigenvalue weighted by molar-refractivity contribution is 5.77. The number of hydrogen-bond donors (Lipinski definition) is 2. The lowest BCUT2D eigenvalue weighted by Crippen LogP contribution is -2.43. The van der Waals surface area contributed by atoms with Gasteiger partial charge in [0.2, 0.25) is 5.91 Å². The second kappa shape index (κ2) is 7.07. The number of carbonyl (C=O) groups excluding carboxylic acids is 1. The first-order chi connectivity index (χ1) is 8.79. The Labute approximate surface area is 109 Å². The molecule has 5 heteroatoms. The van der Waals surface area contributed by atoms with Crippen LogP contribution < -0.4 is 10.6 Å². The van der Waals surface area contributed by atoms with Crippen molar-refractivity contribution in [1.82, 2.24) is 10.6 Å². The topological polar surface area (TPSA) is 59.6 Å². The van der Waals surface area contributed by atoms with Crippen LogP contribution in [0.5, 0.6) is 0 Å². The van der Waals surface area contributed by atoms with Crippen LogP contribution >= 0.6 is 0 Å². The van der Waals surface area contributed by atoms with Gasteiger partial charge in [-0.25, -0.2) is 0 Å². The van der Waals surface area contributed by atoms with Gasteiger partial charge in [-0.05, 0) is 45.2 Å². The third-order valence-electron chi connectivity index (χ3n) is 3.84. The lowest BCUT2D eigenvalue weighted by atomic mass is 10.1. The normalized spacial score (nSPS) is 29.4. The minimum absolute atomic E-state index is 0.0116. The average molecular weight is 256 g/mol. The maximum Gasteiger partial charge on any atom is 0.246 e. The van der Waals surface area contributed by atoms with Crippen LogP contribution in [0.2, 0.25) is 0 Å². The zero-order valence-corrected chi connectivity index (χ0v) is 11.1. The van der Waals surface area contributed by atoms with Crippen molar-refractivity contribution in [3.63, 3.8) is 0 Å². The molecule has 2 unspecified atom stereocenters. The van der Waals surface area contributed by atoms with Gasteiger partial charge in [-0.1, -0.05) is 0 Å². The molecule has 0 bridgehead atoms. The Bertz CT molecular complexity index is 267. The Hall–Kier alpha value is -0.650. The molecule has 1 aliphatic heterocycles. The number of methoxy groups -OCH3 is 1. The highest BCUT2D eigenvalue weighted by atomic mass is 16.5. The van der Waals surface area contributed by atoms with Crippen LogP contribution in [-0.2, 0) is 14.3 Å². The molecule has 1 saturated heterocycles. The van der Waals surface area contributed by atoms with E-state index >= 15 is 0 Å². The van der Waals surface area contributed by atoms with Crippen molar-refractivity contribution in [2.75, 3.05) is 26.8 Å². The number of hydrogen-bond acceptors (Lipinski definition) is 4. The van der Waals surface area contributed by atoms with Crippen molar-refractivity contribution in [2.45, 2.75) is 50.4 Å². The van der Waals surface area contributed by atoms with E-state index in [1.165, 1.54) is 0 Å². The van der Waals surface area contributed by atoms with Crippen LogP contribution in [0.3, 0.4) is 0 Å². The van der Waals surface area contributed by atoms with E-state index in [4.69, 9.17) is 9.47 Å². The van der Waals surface area contributed by atoms with Crippen LogP contribution in [0.4, 0.5) is 0 Å². The number of carbonyl (C=O) groups is 1. The van der Waals surface area contributed by atoms with Gasteiger partial charge in [-0.2, -0.15) is 0 Å². The van der Waals surface area contributed by atoms with Crippen LogP contribution in [0.25, 0.3) is 0 Å². The Morgan fingerprint density at radius 2 is 2.06 bits per heavy atom. The molecule has 5 nitrogen and oxygen atoms in total. The summed E-state index contributed by atoms with van der Waals surface area (Å²) in [6.07, 6.45) is 5.58.